The average Bonchev–Trinajstić information content (AvgIpc) is 3.09. The number of nitrogens with zero attached hydrogens (tertiary/aromatic N) is 5. The Kier molecular flexibility index (Phi) is 8.14. The number of rotatable bonds is 11. The minimum atomic E-state index is -1.26. The SMILES string of the molecule is CCCCCOC(=O)N(c1nc2nc(N)ncc2[nH]1)[C@H](CCCN=C(N)N)C(=O)O. The van der Waals surface area contributed by atoms with Crippen molar-refractivity contribution in [1.82, 2.24) is 19.9 Å². The molecule has 30 heavy (non-hydrogen) atoms. The molecule has 164 valence electrons. The van der Waals surface area contributed by atoms with Gasteiger partial charge in [-0.2, -0.15) is 9.97 Å². The molecule has 0 bridgehead atoms. The van der Waals surface area contributed by atoms with Crippen molar-refractivity contribution in [3.8, 4) is 0 Å². The van der Waals surface area contributed by atoms with Crippen molar-refractivity contribution in [3.05, 3.63) is 6.20 Å². The Balaban J connectivity index is 2.30. The number of guanidine groups is 1. The summed E-state index contributed by atoms with van der Waals surface area (Å²) >= 11 is 0. The first-order valence-electron chi connectivity index (χ1n) is 9.55. The summed E-state index contributed by atoms with van der Waals surface area (Å²) in [6, 6.07) is -1.26. The van der Waals surface area contributed by atoms with E-state index in [1.54, 1.807) is 0 Å². The summed E-state index contributed by atoms with van der Waals surface area (Å²) in [7, 11) is 0. The molecule has 0 saturated carbocycles. The van der Waals surface area contributed by atoms with Gasteiger partial charge in [-0.15, -0.1) is 0 Å². The highest BCUT2D eigenvalue weighted by atomic mass is 16.6. The zero-order chi connectivity index (χ0) is 22.1. The molecule has 0 aliphatic carbocycles. The summed E-state index contributed by atoms with van der Waals surface area (Å²) in [6.45, 7) is 2.40. The number of H-pyrrole nitrogens is 1. The van der Waals surface area contributed by atoms with Crippen LogP contribution in [0.3, 0.4) is 0 Å². The Hall–Kier alpha value is -3.64. The van der Waals surface area contributed by atoms with Crippen molar-refractivity contribution in [2.75, 3.05) is 23.8 Å². The van der Waals surface area contributed by atoms with Gasteiger partial charge in [0.15, 0.2) is 11.6 Å². The number of aromatic nitrogens is 4. The van der Waals surface area contributed by atoms with E-state index in [2.05, 4.69) is 24.9 Å². The number of hydrogen-bond donors (Lipinski definition) is 5. The molecular weight excluding hydrogens is 394 g/mol. The Morgan fingerprint density at radius 2 is 2.07 bits per heavy atom. The van der Waals surface area contributed by atoms with E-state index in [1.165, 1.54) is 6.20 Å². The summed E-state index contributed by atoms with van der Waals surface area (Å²) in [5.41, 5.74) is 16.7. The molecule has 0 fully saturated rings. The zero-order valence-electron chi connectivity index (χ0n) is 16.7. The highest BCUT2D eigenvalue weighted by molar-refractivity contribution is 5.94. The van der Waals surface area contributed by atoms with E-state index >= 15 is 0 Å². The first kappa shape index (κ1) is 22.6. The number of hydrogen-bond acceptors (Lipinski definition) is 8. The van der Waals surface area contributed by atoms with Crippen molar-refractivity contribution >= 4 is 41.1 Å². The molecule has 13 nitrogen and oxygen atoms in total. The van der Waals surface area contributed by atoms with Gasteiger partial charge in [-0.1, -0.05) is 19.8 Å². The molecule has 0 unspecified atom stereocenters. The van der Waals surface area contributed by atoms with Crippen LogP contribution in [0.15, 0.2) is 11.2 Å². The number of carboxylic acid groups (broad SMARTS) is 1. The standard InChI is InChI=1S/C17H27N9O4/c1-2-3-4-8-30-17(29)26(11(13(27)28)6-5-7-21-14(18)19)16-23-10-9-22-15(20)24-12(10)25-16/h9,11H,2-8H2,1H3,(H,27,28)(H4,18,19,21)(H3,20,22,23,24,25)/t11-/m1/s1. The Labute approximate surface area is 172 Å². The maximum atomic E-state index is 12.8. The molecule has 2 aromatic rings. The number of nitrogens with one attached hydrogen (secondary N) is 1. The maximum absolute atomic E-state index is 12.8. The molecule has 8 N–H and O–H groups in total. The van der Waals surface area contributed by atoms with Crippen LogP contribution in [0.2, 0.25) is 0 Å². The Morgan fingerprint density at radius 1 is 1.30 bits per heavy atom. The molecule has 0 aliphatic rings. The normalized spacial score (nSPS) is 11.8. The first-order chi connectivity index (χ1) is 14.3. The lowest BCUT2D eigenvalue weighted by atomic mass is 10.1. The zero-order valence-corrected chi connectivity index (χ0v) is 16.7. The van der Waals surface area contributed by atoms with Crippen molar-refractivity contribution in [3.63, 3.8) is 0 Å². The molecule has 2 heterocycles. The summed E-state index contributed by atoms with van der Waals surface area (Å²) < 4.78 is 5.29. The van der Waals surface area contributed by atoms with Crippen LogP contribution >= 0.6 is 0 Å². The first-order valence-corrected chi connectivity index (χ1v) is 9.55. The number of aliphatic imine (C=N–C) groups is 1. The maximum Gasteiger partial charge on any atom is 0.417 e. The molecule has 0 aliphatic heterocycles. The monoisotopic (exact) mass is 421 g/mol. The van der Waals surface area contributed by atoms with Crippen LogP contribution in [0.1, 0.15) is 39.0 Å². The second kappa shape index (κ2) is 10.8. The van der Waals surface area contributed by atoms with E-state index in [9.17, 15) is 14.7 Å². The summed E-state index contributed by atoms with van der Waals surface area (Å²) in [5, 5.41) is 9.77. The van der Waals surface area contributed by atoms with Crippen LogP contribution in [0.4, 0.5) is 16.7 Å². The van der Waals surface area contributed by atoms with Gasteiger partial charge in [-0.25, -0.2) is 19.5 Å². The largest absolute Gasteiger partial charge is 0.480 e. The minimum Gasteiger partial charge on any atom is -0.480 e. The molecule has 13 heteroatoms. The molecule has 1 atom stereocenters. The molecule has 2 aromatic heterocycles. The Bertz CT molecular complexity index is 894. The topological polar surface area (TPSA) is 212 Å². The summed E-state index contributed by atoms with van der Waals surface area (Å²) in [4.78, 5) is 44.4. The van der Waals surface area contributed by atoms with Crippen molar-refractivity contribution in [2.45, 2.75) is 45.1 Å². The number of carbonyl (C=O) groups is 2. The van der Waals surface area contributed by atoms with Crippen LogP contribution in [-0.2, 0) is 9.53 Å². The van der Waals surface area contributed by atoms with E-state index in [0.29, 0.717) is 18.4 Å². The summed E-state index contributed by atoms with van der Waals surface area (Å²) in [5.74, 6) is -1.35. The number of imidazole rings is 1. The fourth-order valence-electron chi connectivity index (χ4n) is 2.72. The summed E-state index contributed by atoms with van der Waals surface area (Å²) in [6.07, 6.45) is 3.46. The third-order valence-corrected chi connectivity index (χ3v) is 4.17. The number of carbonyl (C=O) groups excluding carboxylic acids is 1. The predicted octanol–water partition coefficient (Wildman–Crippen LogP) is 0.575. The fraction of sp³-hybridized carbons (Fsp3) is 0.529. The number of amides is 1. The third-order valence-electron chi connectivity index (χ3n) is 4.17. The number of unbranched alkanes of at least 4 members (excludes halogenated alkanes) is 2. The average molecular weight is 421 g/mol. The lowest BCUT2D eigenvalue weighted by Crippen LogP contribution is -2.46. The van der Waals surface area contributed by atoms with Gasteiger partial charge in [-0.05, 0) is 19.3 Å². The van der Waals surface area contributed by atoms with Crippen LogP contribution in [-0.4, -0.2) is 62.3 Å². The quantitative estimate of drug-likeness (QED) is 0.193. The van der Waals surface area contributed by atoms with Crippen LogP contribution < -0.4 is 22.1 Å². The number of nitrogen functional groups attached to an aromatic ring is 1. The van der Waals surface area contributed by atoms with Gasteiger partial charge in [-0.3, -0.25) is 4.99 Å². The van der Waals surface area contributed by atoms with Gasteiger partial charge in [0.25, 0.3) is 0 Å². The molecule has 1 amide bonds. The number of ether oxygens (including phenoxy) is 1. The van der Waals surface area contributed by atoms with E-state index in [0.717, 1.165) is 17.7 Å². The van der Waals surface area contributed by atoms with E-state index in [4.69, 9.17) is 21.9 Å². The number of anilines is 2. The van der Waals surface area contributed by atoms with Gasteiger partial charge >= 0.3 is 12.1 Å². The number of aliphatic carboxylic acids is 1. The molecule has 0 radical (unpaired) electrons. The number of carboxylic acids is 1. The van der Waals surface area contributed by atoms with Gasteiger partial charge in [0, 0.05) is 6.54 Å². The highest BCUT2D eigenvalue weighted by Gasteiger charge is 2.34. The van der Waals surface area contributed by atoms with Gasteiger partial charge in [0.05, 0.1) is 12.8 Å². The van der Waals surface area contributed by atoms with E-state index < -0.39 is 18.1 Å². The van der Waals surface area contributed by atoms with Crippen LogP contribution in [0.25, 0.3) is 11.2 Å². The fourth-order valence-corrected chi connectivity index (χ4v) is 2.72. The second-order valence-electron chi connectivity index (χ2n) is 6.52. The van der Waals surface area contributed by atoms with Crippen molar-refractivity contribution in [2.24, 2.45) is 16.5 Å². The van der Waals surface area contributed by atoms with Gasteiger partial charge in [0.2, 0.25) is 11.9 Å². The molecule has 2 rings (SSSR count). The van der Waals surface area contributed by atoms with Crippen molar-refractivity contribution < 1.29 is 19.4 Å². The molecular formula is C17H27N9O4. The lowest BCUT2D eigenvalue weighted by molar-refractivity contribution is -0.138. The molecule has 0 saturated heterocycles. The molecule has 0 spiro atoms. The highest BCUT2D eigenvalue weighted by Crippen LogP contribution is 2.21. The number of aromatic amines is 1. The Morgan fingerprint density at radius 3 is 2.73 bits per heavy atom. The lowest BCUT2D eigenvalue weighted by Gasteiger charge is -2.26. The van der Waals surface area contributed by atoms with Crippen molar-refractivity contribution in [1.29, 1.82) is 0 Å². The molecule has 0 aromatic carbocycles. The van der Waals surface area contributed by atoms with Crippen LogP contribution in [0.5, 0.6) is 0 Å². The third kappa shape index (κ3) is 6.18. The smallest absolute Gasteiger partial charge is 0.417 e. The number of fused-ring (bicyclic) bond motifs is 1. The van der Waals surface area contributed by atoms with E-state index in [-0.39, 0.29) is 43.1 Å². The minimum absolute atomic E-state index is 0.00117. The number of nitrogens with two attached hydrogens (primary N) is 3. The second-order valence-corrected chi connectivity index (χ2v) is 6.52. The predicted molar refractivity (Wildman–Crippen MR) is 111 cm³/mol. The van der Waals surface area contributed by atoms with Gasteiger partial charge < -0.3 is 32.0 Å². The van der Waals surface area contributed by atoms with E-state index in [1.807, 2.05) is 6.92 Å². The van der Waals surface area contributed by atoms with Crippen LogP contribution in [0, 0.1) is 0 Å². The van der Waals surface area contributed by atoms with Gasteiger partial charge in [0.1, 0.15) is 11.6 Å².